The number of alkyl halides is 1. The summed E-state index contributed by atoms with van der Waals surface area (Å²) in [7, 11) is 0. The van der Waals surface area contributed by atoms with E-state index in [0.717, 1.165) is 17.7 Å². The van der Waals surface area contributed by atoms with Crippen molar-refractivity contribution in [2.45, 2.75) is 24.0 Å². The van der Waals surface area contributed by atoms with E-state index in [2.05, 4.69) is 21.2 Å². The first-order chi connectivity index (χ1) is 13.6. The van der Waals surface area contributed by atoms with Crippen LogP contribution < -0.4 is 10.1 Å². The molecule has 2 bridgehead atoms. The SMILES string of the molecule is O=C(Nc1ccc(OCc2ccccc2)cc1)[C@@H]1[C@H]2C[C@H]3[C@H](OC(=O)[C@@H]31)[C@H]2Br. The van der Waals surface area contributed by atoms with Crippen LogP contribution in [-0.2, 0) is 20.9 Å². The van der Waals surface area contributed by atoms with Crippen molar-refractivity contribution >= 4 is 33.5 Å². The van der Waals surface area contributed by atoms with E-state index in [1.54, 1.807) is 0 Å². The van der Waals surface area contributed by atoms with Crippen LogP contribution in [0, 0.1) is 23.7 Å². The van der Waals surface area contributed by atoms with E-state index in [-0.39, 0.29) is 46.5 Å². The third kappa shape index (κ3) is 2.91. The summed E-state index contributed by atoms with van der Waals surface area (Å²) in [6.07, 6.45) is 0.814. The summed E-state index contributed by atoms with van der Waals surface area (Å²) in [5.41, 5.74) is 1.80. The minimum Gasteiger partial charge on any atom is -0.489 e. The van der Waals surface area contributed by atoms with Gasteiger partial charge in [-0.05, 0) is 42.2 Å². The predicted octanol–water partition coefficient (Wildman–Crippen LogP) is 3.78. The van der Waals surface area contributed by atoms with Crippen molar-refractivity contribution in [2.75, 3.05) is 5.32 Å². The third-order valence-corrected chi connectivity index (χ3v) is 7.40. The number of ether oxygens (including phenoxy) is 2. The molecule has 2 aliphatic carbocycles. The van der Waals surface area contributed by atoms with Crippen LogP contribution in [0.15, 0.2) is 54.6 Å². The molecule has 2 saturated carbocycles. The Bertz CT molecular complexity index is 901. The molecule has 5 nitrogen and oxygen atoms in total. The highest BCUT2D eigenvalue weighted by Crippen LogP contribution is 2.60. The topological polar surface area (TPSA) is 64.6 Å². The molecule has 144 valence electrons. The van der Waals surface area contributed by atoms with Gasteiger partial charge in [0.1, 0.15) is 18.5 Å². The molecule has 1 saturated heterocycles. The smallest absolute Gasteiger partial charge is 0.310 e. The molecule has 28 heavy (non-hydrogen) atoms. The van der Waals surface area contributed by atoms with E-state index >= 15 is 0 Å². The Morgan fingerprint density at radius 3 is 2.61 bits per heavy atom. The first-order valence-corrected chi connectivity index (χ1v) is 10.5. The molecule has 2 aromatic carbocycles. The lowest BCUT2D eigenvalue weighted by Gasteiger charge is -2.27. The number of rotatable bonds is 5. The van der Waals surface area contributed by atoms with Gasteiger partial charge in [-0.25, -0.2) is 0 Å². The van der Waals surface area contributed by atoms with Gasteiger partial charge in [-0.3, -0.25) is 9.59 Å². The lowest BCUT2D eigenvalue weighted by Crippen LogP contribution is -2.40. The van der Waals surface area contributed by atoms with Crippen LogP contribution in [0.4, 0.5) is 5.69 Å². The number of hydrogen-bond acceptors (Lipinski definition) is 4. The molecule has 0 radical (unpaired) electrons. The van der Waals surface area contributed by atoms with Crippen LogP contribution in [0.3, 0.4) is 0 Å². The zero-order chi connectivity index (χ0) is 19.3. The number of hydrogen-bond donors (Lipinski definition) is 1. The van der Waals surface area contributed by atoms with Crippen molar-refractivity contribution in [3.8, 4) is 5.75 Å². The van der Waals surface area contributed by atoms with Crippen molar-refractivity contribution in [2.24, 2.45) is 23.7 Å². The Kier molecular flexibility index (Phi) is 4.38. The fourth-order valence-corrected chi connectivity index (χ4v) is 5.98. The van der Waals surface area contributed by atoms with Gasteiger partial charge >= 0.3 is 5.97 Å². The summed E-state index contributed by atoms with van der Waals surface area (Å²) in [5, 5.41) is 2.97. The lowest BCUT2D eigenvalue weighted by molar-refractivity contribution is -0.145. The van der Waals surface area contributed by atoms with Gasteiger partial charge in [0, 0.05) is 11.6 Å². The number of amides is 1. The molecule has 3 fully saturated rings. The second-order valence-corrected chi connectivity index (χ2v) is 8.81. The number of halogens is 1. The second-order valence-electron chi connectivity index (χ2n) is 7.75. The highest BCUT2D eigenvalue weighted by atomic mass is 79.9. The molecule has 3 aliphatic rings. The van der Waals surface area contributed by atoms with Gasteiger partial charge in [-0.1, -0.05) is 46.3 Å². The summed E-state index contributed by atoms with van der Waals surface area (Å²) in [4.78, 5) is 25.2. The summed E-state index contributed by atoms with van der Waals surface area (Å²) >= 11 is 3.64. The van der Waals surface area contributed by atoms with E-state index in [0.29, 0.717) is 12.3 Å². The fraction of sp³-hybridized carbons (Fsp3) is 0.364. The average Bonchev–Trinajstić information content (AvgIpc) is 3.32. The molecule has 1 aliphatic heterocycles. The zero-order valence-electron chi connectivity index (χ0n) is 15.1. The molecule has 6 atom stereocenters. The van der Waals surface area contributed by atoms with Gasteiger partial charge in [0.05, 0.1) is 16.7 Å². The third-order valence-electron chi connectivity index (χ3n) is 6.20. The molecule has 1 heterocycles. The zero-order valence-corrected chi connectivity index (χ0v) is 16.7. The van der Waals surface area contributed by atoms with E-state index in [1.807, 2.05) is 54.6 Å². The highest BCUT2D eigenvalue weighted by molar-refractivity contribution is 9.09. The van der Waals surface area contributed by atoms with Gasteiger partial charge in [0.25, 0.3) is 0 Å². The molecular formula is C22H20BrNO4. The van der Waals surface area contributed by atoms with Gasteiger partial charge in [-0.15, -0.1) is 0 Å². The van der Waals surface area contributed by atoms with Gasteiger partial charge in [-0.2, -0.15) is 0 Å². The van der Waals surface area contributed by atoms with Crippen molar-refractivity contribution in [1.82, 2.24) is 0 Å². The monoisotopic (exact) mass is 441 g/mol. The molecule has 6 heteroatoms. The molecule has 5 rings (SSSR count). The van der Waals surface area contributed by atoms with E-state index in [4.69, 9.17) is 9.47 Å². The summed E-state index contributed by atoms with van der Waals surface area (Å²) in [6.45, 7) is 0.495. The molecule has 1 N–H and O–H groups in total. The normalized spacial score (nSPS) is 32.2. The number of carbonyl (C=O) groups is 2. The molecule has 0 unspecified atom stereocenters. The lowest BCUT2D eigenvalue weighted by atomic mass is 9.79. The summed E-state index contributed by atoms with van der Waals surface area (Å²) < 4.78 is 11.3. The van der Waals surface area contributed by atoms with Crippen LogP contribution in [-0.4, -0.2) is 22.8 Å². The van der Waals surface area contributed by atoms with Crippen LogP contribution in [0.5, 0.6) is 5.75 Å². The minimum atomic E-state index is -0.324. The maximum Gasteiger partial charge on any atom is 0.310 e. The Morgan fingerprint density at radius 1 is 1.11 bits per heavy atom. The van der Waals surface area contributed by atoms with Gasteiger partial charge < -0.3 is 14.8 Å². The number of benzene rings is 2. The minimum absolute atomic E-state index is 0.0624. The molecule has 1 amide bonds. The van der Waals surface area contributed by atoms with E-state index < -0.39 is 0 Å². The quantitative estimate of drug-likeness (QED) is 0.566. The fourth-order valence-electron chi connectivity index (χ4n) is 4.93. The first kappa shape index (κ1) is 17.7. The number of nitrogens with one attached hydrogen (secondary N) is 1. The van der Waals surface area contributed by atoms with Crippen LogP contribution in [0.1, 0.15) is 12.0 Å². The summed E-state index contributed by atoms with van der Waals surface area (Å²) in [6, 6.07) is 17.3. The Balaban J connectivity index is 1.23. The van der Waals surface area contributed by atoms with Crippen molar-refractivity contribution in [1.29, 1.82) is 0 Å². The van der Waals surface area contributed by atoms with Crippen LogP contribution in [0.2, 0.25) is 0 Å². The predicted molar refractivity (Wildman–Crippen MR) is 107 cm³/mol. The average molecular weight is 442 g/mol. The largest absolute Gasteiger partial charge is 0.489 e. The summed E-state index contributed by atoms with van der Waals surface area (Å²) in [5.74, 6) is 0.129. The number of esters is 1. The standard InChI is InChI=1S/C22H20BrNO4/c23-19-15-10-16-18(22(26)28-20(16)19)17(15)21(25)24-13-6-8-14(9-7-13)27-11-12-4-2-1-3-5-12/h1-9,15-20H,10-11H2,(H,24,25)/t15-,16-,17-,18+,19+,20+/m1/s1. The Labute approximate surface area is 171 Å². The number of anilines is 1. The van der Waals surface area contributed by atoms with Crippen LogP contribution in [0.25, 0.3) is 0 Å². The van der Waals surface area contributed by atoms with Crippen molar-refractivity contribution in [3.63, 3.8) is 0 Å². The molecule has 0 spiro atoms. The number of carbonyl (C=O) groups excluding carboxylic acids is 2. The Hall–Kier alpha value is -2.34. The van der Waals surface area contributed by atoms with Gasteiger partial charge in [0.2, 0.25) is 5.91 Å². The Morgan fingerprint density at radius 2 is 1.86 bits per heavy atom. The second kappa shape index (κ2) is 6.92. The number of fused-ring (bicyclic) bond motifs is 1. The highest BCUT2D eigenvalue weighted by Gasteiger charge is 2.67. The first-order valence-electron chi connectivity index (χ1n) is 9.54. The van der Waals surface area contributed by atoms with Crippen LogP contribution >= 0.6 is 15.9 Å². The van der Waals surface area contributed by atoms with Crippen molar-refractivity contribution < 1.29 is 19.1 Å². The van der Waals surface area contributed by atoms with Gasteiger partial charge in [0.15, 0.2) is 0 Å². The van der Waals surface area contributed by atoms with Crippen molar-refractivity contribution in [3.05, 3.63) is 60.2 Å². The maximum absolute atomic E-state index is 12.9. The molecular weight excluding hydrogens is 422 g/mol. The molecule has 0 aromatic heterocycles. The van der Waals surface area contributed by atoms with E-state index in [1.165, 1.54) is 0 Å². The molecule has 2 aromatic rings. The van der Waals surface area contributed by atoms with E-state index in [9.17, 15) is 9.59 Å². The maximum atomic E-state index is 12.9.